The van der Waals surface area contributed by atoms with Gasteiger partial charge in [-0.25, -0.2) is 0 Å². The third-order valence-electron chi connectivity index (χ3n) is 11.6. The fourth-order valence-corrected chi connectivity index (χ4v) is 7.76. The number of carbonyl (C=O) groups is 3. The summed E-state index contributed by atoms with van der Waals surface area (Å²) in [7, 11) is 0. The van der Waals surface area contributed by atoms with Gasteiger partial charge in [-0.15, -0.1) is 0 Å². The van der Waals surface area contributed by atoms with E-state index in [-0.39, 0.29) is 31.1 Å². The third-order valence-corrected chi connectivity index (χ3v) is 11.6. The van der Waals surface area contributed by atoms with Gasteiger partial charge < -0.3 is 14.2 Å². The van der Waals surface area contributed by atoms with Crippen molar-refractivity contribution in [3.05, 3.63) is 0 Å². The molecule has 0 heterocycles. The molecule has 0 fully saturated rings. The highest BCUT2D eigenvalue weighted by Gasteiger charge is 2.19. The second-order valence-corrected chi connectivity index (χ2v) is 19.2. The molecule has 6 heteroatoms. The van der Waals surface area contributed by atoms with Crippen molar-refractivity contribution in [2.45, 2.75) is 285 Å². The Kier molecular flexibility index (Phi) is 42.3. The molecule has 0 rings (SSSR count). The predicted octanol–water partition coefficient (Wildman–Crippen LogP) is 16.4. The van der Waals surface area contributed by atoms with Crippen LogP contribution in [0.1, 0.15) is 279 Å². The van der Waals surface area contributed by atoms with Crippen LogP contribution in [0.4, 0.5) is 0 Å². The van der Waals surface area contributed by atoms with E-state index < -0.39 is 6.10 Å². The highest BCUT2D eigenvalue weighted by molar-refractivity contribution is 5.71. The van der Waals surface area contributed by atoms with Gasteiger partial charge in [0.2, 0.25) is 0 Å². The summed E-state index contributed by atoms with van der Waals surface area (Å²) in [6, 6.07) is 0. The Morgan fingerprint density at radius 3 is 0.741 bits per heavy atom. The Balaban J connectivity index is 4.30. The van der Waals surface area contributed by atoms with Gasteiger partial charge in [0.25, 0.3) is 0 Å². The second-order valence-electron chi connectivity index (χ2n) is 19.2. The maximum Gasteiger partial charge on any atom is 0.306 e. The summed E-state index contributed by atoms with van der Waals surface area (Å²) in [5.74, 6) is 1.59. The molecule has 58 heavy (non-hydrogen) atoms. The first kappa shape index (κ1) is 56.4. The zero-order valence-corrected chi connectivity index (χ0v) is 39.8. The maximum absolute atomic E-state index is 12.8. The zero-order valence-electron chi connectivity index (χ0n) is 39.8. The molecule has 1 atom stereocenters. The number of unbranched alkanes of at least 4 members (excludes halogenated alkanes) is 28. The van der Waals surface area contributed by atoms with Crippen LogP contribution in [0.25, 0.3) is 0 Å². The van der Waals surface area contributed by atoms with Crippen molar-refractivity contribution in [2.75, 3.05) is 13.2 Å². The molecule has 344 valence electrons. The Morgan fingerprint density at radius 1 is 0.293 bits per heavy atom. The van der Waals surface area contributed by atoms with Crippen molar-refractivity contribution in [1.29, 1.82) is 0 Å². The van der Waals surface area contributed by atoms with E-state index in [1.807, 2.05) is 0 Å². The Hall–Kier alpha value is -1.59. The van der Waals surface area contributed by atoms with Crippen LogP contribution in [0.3, 0.4) is 0 Å². The van der Waals surface area contributed by atoms with Gasteiger partial charge in [-0.05, 0) is 37.0 Å². The quantitative estimate of drug-likeness (QED) is 0.0346. The third kappa shape index (κ3) is 45.5. The first-order valence-electron chi connectivity index (χ1n) is 25.6. The van der Waals surface area contributed by atoms with Crippen LogP contribution in [0.15, 0.2) is 0 Å². The largest absolute Gasteiger partial charge is 0.462 e. The van der Waals surface area contributed by atoms with E-state index in [2.05, 4.69) is 41.5 Å². The normalized spacial score (nSPS) is 12.2. The summed E-state index contributed by atoms with van der Waals surface area (Å²) in [5.41, 5.74) is 0. The number of hydrogen-bond donors (Lipinski definition) is 0. The summed E-state index contributed by atoms with van der Waals surface area (Å²) in [6.07, 6.45) is 42.4. The molecule has 0 unspecified atom stereocenters. The first-order valence-corrected chi connectivity index (χ1v) is 25.6. The van der Waals surface area contributed by atoms with Gasteiger partial charge in [-0.1, -0.05) is 241 Å². The van der Waals surface area contributed by atoms with Crippen LogP contribution in [-0.2, 0) is 28.6 Å². The number of carbonyl (C=O) groups excluding carboxylic acids is 3. The standard InChI is InChI=1S/C52H100O6/c1-46(2)38-32-26-20-15-11-7-9-13-17-23-29-35-41-50(53)56-44-49(45-57-51(54)42-36-30-25-19-22-28-34-40-48(5)6)58-52(55)43-37-31-24-18-14-10-8-12-16-21-27-33-39-47(3)4/h46-49H,7-45H2,1-6H3/t49-/m1/s1. The molecule has 0 bridgehead atoms. The summed E-state index contributed by atoms with van der Waals surface area (Å²) < 4.78 is 16.8. The predicted molar refractivity (Wildman–Crippen MR) is 247 cm³/mol. The summed E-state index contributed by atoms with van der Waals surface area (Å²) in [6.45, 7) is 13.7. The SMILES string of the molecule is CC(C)CCCCCCCCCCCCCCC(=O)OC[C@H](COC(=O)CCCCCCCCCC(C)C)OC(=O)CCCCCCCCCCCCCCC(C)C. The van der Waals surface area contributed by atoms with E-state index in [0.29, 0.717) is 19.3 Å². The minimum absolute atomic E-state index is 0.0651. The molecule has 0 saturated carbocycles. The van der Waals surface area contributed by atoms with Crippen molar-refractivity contribution < 1.29 is 28.6 Å². The van der Waals surface area contributed by atoms with Crippen LogP contribution in [0.2, 0.25) is 0 Å². The van der Waals surface area contributed by atoms with E-state index in [4.69, 9.17) is 14.2 Å². The number of hydrogen-bond acceptors (Lipinski definition) is 6. The Bertz CT molecular complexity index is 898. The van der Waals surface area contributed by atoms with Crippen molar-refractivity contribution in [2.24, 2.45) is 17.8 Å². The smallest absolute Gasteiger partial charge is 0.306 e. The molecule has 0 spiro atoms. The van der Waals surface area contributed by atoms with Gasteiger partial charge in [-0.3, -0.25) is 14.4 Å². The highest BCUT2D eigenvalue weighted by Crippen LogP contribution is 2.17. The molecule has 0 aromatic carbocycles. The van der Waals surface area contributed by atoms with Crippen LogP contribution >= 0.6 is 0 Å². The lowest BCUT2D eigenvalue weighted by Gasteiger charge is -2.18. The van der Waals surface area contributed by atoms with Crippen molar-refractivity contribution in [3.8, 4) is 0 Å². The molecular formula is C52H100O6. The van der Waals surface area contributed by atoms with Gasteiger partial charge in [-0.2, -0.15) is 0 Å². The second kappa shape index (κ2) is 43.5. The topological polar surface area (TPSA) is 78.9 Å². The van der Waals surface area contributed by atoms with Gasteiger partial charge in [0.05, 0.1) is 0 Å². The van der Waals surface area contributed by atoms with Gasteiger partial charge in [0, 0.05) is 19.3 Å². The molecule has 6 nitrogen and oxygen atoms in total. The molecular weight excluding hydrogens is 721 g/mol. The monoisotopic (exact) mass is 821 g/mol. The molecule has 0 saturated heterocycles. The molecule has 0 aromatic heterocycles. The minimum atomic E-state index is -0.763. The average Bonchev–Trinajstić information content (AvgIpc) is 3.18. The maximum atomic E-state index is 12.8. The molecule has 0 amide bonds. The van der Waals surface area contributed by atoms with Crippen LogP contribution < -0.4 is 0 Å². The lowest BCUT2D eigenvalue weighted by molar-refractivity contribution is -0.167. The lowest BCUT2D eigenvalue weighted by Crippen LogP contribution is -2.30. The van der Waals surface area contributed by atoms with E-state index in [1.165, 1.54) is 161 Å². The molecule has 0 aliphatic heterocycles. The number of rotatable bonds is 45. The zero-order chi connectivity index (χ0) is 42.7. The van der Waals surface area contributed by atoms with Crippen LogP contribution in [-0.4, -0.2) is 37.2 Å². The van der Waals surface area contributed by atoms with Crippen LogP contribution in [0, 0.1) is 17.8 Å². The Morgan fingerprint density at radius 2 is 0.500 bits per heavy atom. The lowest BCUT2D eigenvalue weighted by atomic mass is 10.0. The van der Waals surface area contributed by atoms with Gasteiger partial charge in [0.1, 0.15) is 13.2 Å². The molecule has 0 aromatic rings. The molecule has 0 aliphatic rings. The van der Waals surface area contributed by atoms with E-state index >= 15 is 0 Å². The summed E-state index contributed by atoms with van der Waals surface area (Å²) in [4.78, 5) is 37.9. The van der Waals surface area contributed by atoms with Gasteiger partial charge >= 0.3 is 17.9 Å². The number of esters is 3. The molecule has 0 radical (unpaired) electrons. The van der Waals surface area contributed by atoms with E-state index in [1.54, 1.807) is 0 Å². The van der Waals surface area contributed by atoms with E-state index in [9.17, 15) is 14.4 Å². The molecule has 0 N–H and O–H groups in total. The van der Waals surface area contributed by atoms with Crippen molar-refractivity contribution in [1.82, 2.24) is 0 Å². The minimum Gasteiger partial charge on any atom is -0.462 e. The van der Waals surface area contributed by atoms with Crippen LogP contribution in [0.5, 0.6) is 0 Å². The first-order chi connectivity index (χ1) is 28.1. The van der Waals surface area contributed by atoms with Gasteiger partial charge in [0.15, 0.2) is 6.10 Å². The fourth-order valence-electron chi connectivity index (χ4n) is 7.76. The number of ether oxygens (including phenoxy) is 3. The van der Waals surface area contributed by atoms with Crippen molar-refractivity contribution >= 4 is 17.9 Å². The average molecular weight is 821 g/mol. The van der Waals surface area contributed by atoms with Crippen molar-refractivity contribution in [3.63, 3.8) is 0 Å². The summed E-state index contributed by atoms with van der Waals surface area (Å²) >= 11 is 0. The van der Waals surface area contributed by atoms with E-state index in [0.717, 1.165) is 75.5 Å². The summed E-state index contributed by atoms with van der Waals surface area (Å²) in [5, 5.41) is 0. The fraction of sp³-hybridized carbons (Fsp3) is 0.942. The Labute approximate surface area is 361 Å². The highest BCUT2D eigenvalue weighted by atomic mass is 16.6. The molecule has 0 aliphatic carbocycles.